The van der Waals surface area contributed by atoms with Crippen LogP contribution in [-0.4, -0.2) is 38.0 Å². The highest BCUT2D eigenvalue weighted by molar-refractivity contribution is 7.99. The van der Waals surface area contributed by atoms with Crippen molar-refractivity contribution in [2.24, 2.45) is 0 Å². The van der Waals surface area contributed by atoms with Crippen LogP contribution in [0.4, 0.5) is 11.9 Å². The van der Waals surface area contributed by atoms with E-state index in [1.165, 1.54) is 18.2 Å². The summed E-state index contributed by atoms with van der Waals surface area (Å²) in [6, 6.07) is 1.85. The number of hydrogen-bond donors (Lipinski definition) is 1. The SMILES string of the molecule is Cc1ccnc(Sc2nc(N)nc(N3CCCCC3)n2)n1. The molecule has 3 heterocycles. The number of anilines is 2. The van der Waals surface area contributed by atoms with Gasteiger partial charge in [0, 0.05) is 25.0 Å². The van der Waals surface area contributed by atoms with E-state index in [4.69, 9.17) is 5.73 Å². The molecule has 0 saturated carbocycles. The fourth-order valence-electron chi connectivity index (χ4n) is 2.20. The van der Waals surface area contributed by atoms with Gasteiger partial charge in [-0.3, -0.25) is 0 Å². The van der Waals surface area contributed by atoms with Crippen molar-refractivity contribution in [1.82, 2.24) is 24.9 Å². The van der Waals surface area contributed by atoms with Crippen molar-refractivity contribution in [3.05, 3.63) is 18.0 Å². The molecule has 110 valence electrons. The number of nitrogen functional groups attached to an aromatic ring is 1. The molecule has 0 atom stereocenters. The first-order chi connectivity index (χ1) is 10.2. The number of rotatable bonds is 3. The zero-order valence-corrected chi connectivity index (χ0v) is 12.7. The van der Waals surface area contributed by atoms with E-state index >= 15 is 0 Å². The summed E-state index contributed by atoms with van der Waals surface area (Å²) in [5.74, 6) is 0.887. The van der Waals surface area contributed by atoms with E-state index in [2.05, 4.69) is 29.8 Å². The number of nitrogens with two attached hydrogens (primary N) is 1. The Morgan fingerprint density at radius 3 is 2.62 bits per heavy atom. The van der Waals surface area contributed by atoms with E-state index in [1.807, 2.05) is 13.0 Å². The lowest BCUT2D eigenvalue weighted by atomic mass is 10.1. The van der Waals surface area contributed by atoms with Crippen LogP contribution in [0.5, 0.6) is 0 Å². The maximum atomic E-state index is 5.81. The summed E-state index contributed by atoms with van der Waals surface area (Å²) in [6.45, 7) is 3.86. The van der Waals surface area contributed by atoms with Crippen LogP contribution in [0.15, 0.2) is 22.6 Å². The Labute approximate surface area is 127 Å². The minimum absolute atomic E-state index is 0.237. The van der Waals surface area contributed by atoms with Crippen molar-refractivity contribution in [2.45, 2.75) is 36.5 Å². The number of hydrogen-bond acceptors (Lipinski definition) is 8. The van der Waals surface area contributed by atoms with Crippen molar-refractivity contribution in [1.29, 1.82) is 0 Å². The first kappa shape index (κ1) is 14.0. The van der Waals surface area contributed by atoms with Crippen LogP contribution in [-0.2, 0) is 0 Å². The third-order valence-electron chi connectivity index (χ3n) is 3.21. The summed E-state index contributed by atoms with van der Waals surface area (Å²) in [4.78, 5) is 23.6. The van der Waals surface area contributed by atoms with E-state index in [0.29, 0.717) is 16.3 Å². The molecule has 0 spiro atoms. The highest BCUT2D eigenvalue weighted by atomic mass is 32.2. The topological polar surface area (TPSA) is 93.7 Å². The van der Waals surface area contributed by atoms with Gasteiger partial charge in [-0.25, -0.2) is 9.97 Å². The van der Waals surface area contributed by atoms with Crippen LogP contribution in [0, 0.1) is 6.92 Å². The van der Waals surface area contributed by atoms with Gasteiger partial charge in [0.1, 0.15) is 0 Å². The van der Waals surface area contributed by atoms with Crippen molar-refractivity contribution >= 4 is 23.7 Å². The fourth-order valence-corrected chi connectivity index (χ4v) is 2.93. The minimum atomic E-state index is 0.237. The lowest BCUT2D eigenvalue weighted by molar-refractivity contribution is 0.565. The Morgan fingerprint density at radius 1 is 1.05 bits per heavy atom. The lowest BCUT2D eigenvalue weighted by Gasteiger charge is -2.26. The van der Waals surface area contributed by atoms with Crippen LogP contribution >= 0.6 is 11.8 Å². The molecule has 2 aromatic rings. The van der Waals surface area contributed by atoms with Crippen molar-refractivity contribution in [2.75, 3.05) is 23.7 Å². The smallest absolute Gasteiger partial charge is 0.231 e. The Balaban J connectivity index is 1.83. The molecule has 1 aliphatic heterocycles. The molecule has 1 aliphatic rings. The molecule has 7 nitrogen and oxygen atoms in total. The molecule has 3 rings (SSSR count). The summed E-state index contributed by atoms with van der Waals surface area (Å²) in [5, 5.41) is 1.15. The molecular weight excluding hydrogens is 286 g/mol. The van der Waals surface area contributed by atoms with E-state index in [1.54, 1.807) is 6.20 Å². The molecule has 1 saturated heterocycles. The average Bonchev–Trinajstić information content (AvgIpc) is 2.47. The third-order valence-corrected chi connectivity index (χ3v) is 3.96. The molecule has 0 radical (unpaired) electrons. The van der Waals surface area contributed by atoms with E-state index < -0.39 is 0 Å². The summed E-state index contributed by atoms with van der Waals surface area (Å²) in [5.41, 5.74) is 6.71. The summed E-state index contributed by atoms with van der Waals surface area (Å²) in [7, 11) is 0. The van der Waals surface area contributed by atoms with Gasteiger partial charge in [0.15, 0.2) is 5.16 Å². The molecule has 0 aliphatic carbocycles. The predicted molar refractivity (Wildman–Crippen MR) is 81.2 cm³/mol. The summed E-state index contributed by atoms with van der Waals surface area (Å²) >= 11 is 1.30. The number of piperidine rings is 1. The second-order valence-electron chi connectivity index (χ2n) is 4.91. The maximum absolute atomic E-state index is 5.81. The highest BCUT2D eigenvalue weighted by Crippen LogP contribution is 2.24. The van der Waals surface area contributed by atoms with Gasteiger partial charge in [0.25, 0.3) is 0 Å². The van der Waals surface area contributed by atoms with Crippen LogP contribution in [0.2, 0.25) is 0 Å². The molecule has 0 unspecified atom stereocenters. The van der Waals surface area contributed by atoms with E-state index in [9.17, 15) is 0 Å². The Hall–Kier alpha value is -1.96. The van der Waals surface area contributed by atoms with E-state index in [-0.39, 0.29) is 5.95 Å². The van der Waals surface area contributed by atoms with Gasteiger partial charge in [-0.1, -0.05) is 0 Å². The molecule has 2 N–H and O–H groups in total. The Bertz CT molecular complexity index is 628. The van der Waals surface area contributed by atoms with Crippen LogP contribution in [0.1, 0.15) is 25.0 Å². The highest BCUT2D eigenvalue weighted by Gasteiger charge is 2.16. The quantitative estimate of drug-likeness (QED) is 0.856. The third kappa shape index (κ3) is 3.57. The molecular formula is C13H17N7S. The van der Waals surface area contributed by atoms with Crippen molar-refractivity contribution < 1.29 is 0 Å². The largest absolute Gasteiger partial charge is 0.368 e. The van der Waals surface area contributed by atoms with Crippen LogP contribution < -0.4 is 10.6 Å². The maximum Gasteiger partial charge on any atom is 0.231 e. The molecule has 2 aromatic heterocycles. The van der Waals surface area contributed by atoms with Crippen molar-refractivity contribution in [3.8, 4) is 0 Å². The standard InChI is InChI=1S/C13H17N7S/c1-9-5-6-15-12(16-9)21-13-18-10(14)17-11(19-13)20-7-3-2-4-8-20/h5-6H,2-4,7-8H2,1H3,(H2,14,17,18,19). The van der Waals surface area contributed by atoms with Gasteiger partial charge in [-0.05, 0) is 44.0 Å². The van der Waals surface area contributed by atoms with Crippen molar-refractivity contribution in [3.63, 3.8) is 0 Å². The zero-order chi connectivity index (χ0) is 14.7. The fraction of sp³-hybridized carbons (Fsp3) is 0.462. The first-order valence-electron chi connectivity index (χ1n) is 6.95. The Kier molecular flexibility index (Phi) is 4.14. The number of aromatic nitrogens is 5. The minimum Gasteiger partial charge on any atom is -0.368 e. The molecule has 21 heavy (non-hydrogen) atoms. The van der Waals surface area contributed by atoms with Gasteiger partial charge in [-0.2, -0.15) is 15.0 Å². The monoisotopic (exact) mass is 303 g/mol. The Morgan fingerprint density at radius 2 is 1.86 bits per heavy atom. The first-order valence-corrected chi connectivity index (χ1v) is 7.76. The normalized spacial score (nSPS) is 15.2. The second kappa shape index (κ2) is 6.21. The molecule has 0 bridgehead atoms. The molecule has 0 amide bonds. The van der Waals surface area contributed by atoms with Gasteiger partial charge in [0.05, 0.1) is 0 Å². The number of nitrogens with zero attached hydrogens (tertiary/aromatic N) is 6. The molecule has 1 fully saturated rings. The predicted octanol–water partition coefficient (Wildman–Crippen LogP) is 1.69. The van der Waals surface area contributed by atoms with E-state index in [0.717, 1.165) is 31.6 Å². The zero-order valence-electron chi connectivity index (χ0n) is 11.9. The van der Waals surface area contributed by atoms with Crippen LogP contribution in [0.25, 0.3) is 0 Å². The molecule has 0 aromatic carbocycles. The molecule has 8 heteroatoms. The summed E-state index contributed by atoms with van der Waals surface area (Å²) < 4.78 is 0. The average molecular weight is 303 g/mol. The van der Waals surface area contributed by atoms with Gasteiger partial charge in [-0.15, -0.1) is 0 Å². The lowest BCUT2D eigenvalue weighted by Crippen LogP contribution is -2.31. The van der Waals surface area contributed by atoms with Gasteiger partial charge in [0.2, 0.25) is 17.1 Å². The second-order valence-corrected chi connectivity index (χ2v) is 5.84. The summed E-state index contributed by atoms with van der Waals surface area (Å²) in [6.07, 6.45) is 5.31. The number of aryl methyl sites for hydroxylation is 1. The van der Waals surface area contributed by atoms with Gasteiger partial charge >= 0.3 is 0 Å². The van der Waals surface area contributed by atoms with Crippen LogP contribution in [0.3, 0.4) is 0 Å². The van der Waals surface area contributed by atoms with Gasteiger partial charge < -0.3 is 10.6 Å².